The van der Waals surface area contributed by atoms with Gasteiger partial charge in [0.25, 0.3) is 6.29 Å². The number of allylic oxidation sites excluding steroid dienone is 2. The molecule has 18 heavy (non-hydrogen) atoms. The van der Waals surface area contributed by atoms with Crippen LogP contribution in [0.2, 0.25) is 0 Å². The van der Waals surface area contributed by atoms with E-state index in [1.807, 2.05) is 38.1 Å². The van der Waals surface area contributed by atoms with Gasteiger partial charge in [-0.25, -0.2) is 4.79 Å². The van der Waals surface area contributed by atoms with Crippen molar-refractivity contribution in [3.63, 3.8) is 0 Å². The summed E-state index contributed by atoms with van der Waals surface area (Å²) in [4.78, 5) is 10.5. The molecular weight excluding hydrogens is 234 g/mol. The fourth-order valence-electron chi connectivity index (χ4n) is 1.73. The highest BCUT2D eigenvalue weighted by Gasteiger charge is 2.25. The van der Waals surface area contributed by atoms with Crippen molar-refractivity contribution in [1.29, 1.82) is 0 Å². The Kier molecular flexibility index (Phi) is 3.41. The SMILES string of the molecule is CC1=C(C)OC(c2ccccc2CNC(=O)O)O1. The minimum atomic E-state index is -1.05. The number of hydrogen-bond donors (Lipinski definition) is 2. The lowest BCUT2D eigenvalue weighted by Crippen LogP contribution is -2.21. The van der Waals surface area contributed by atoms with Gasteiger partial charge in [-0.05, 0) is 19.4 Å². The summed E-state index contributed by atoms with van der Waals surface area (Å²) in [5, 5.41) is 11.0. The molecule has 5 heteroatoms. The molecule has 1 aromatic rings. The van der Waals surface area contributed by atoms with E-state index in [2.05, 4.69) is 5.32 Å². The second-order valence-electron chi connectivity index (χ2n) is 4.04. The fraction of sp³-hybridized carbons (Fsp3) is 0.308. The Labute approximate surface area is 105 Å². The Morgan fingerprint density at radius 1 is 1.28 bits per heavy atom. The van der Waals surface area contributed by atoms with Crippen LogP contribution in [-0.2, 0) is 16.0 Å². The van der Waals surface area contributed by atoms with Crippen molar-refractivity contribution >= 4 is 6.09 Å². The highest BCUT2D eigenvalue weighted by atomic mass is 16.7. The van der Waals surface area contributed by atoms with E-state index in [0.717, 1.165) is 22.6 Å². The number of nitrogens with one attached hydrogen (secondary N) is 1. The maximum absolute atomic E-state index is 10.5. The summed E-state index contributed by atoms with van der Waals surface area (Å²) in [6.07, 6.45) is -1.54. The quantitative estimate of drug-likeness (QED) is 0.864. The van der Waals surface area contributed by atoms with Gasteiger partial charge in [-0.15, -0.1) is 0 Å². The molecule has 0 unspecified atom stereocenters. The first-order valence-electron chi connectivity index (χ1n) is 5.63. The number of ether oxygens (including phenoxy) is 2. The molecule has 0 atom stereocenters. The van der Waals surface area contributed by atoms with Crippen LogP contribution in [-0.4, -0.2) is 11.2 Å². The topological polar surface area (TPSA) is 67.8 Å². The second-order valence-corrected chi connectivity index (χ2v) is 4.04. The molecule has 0 saturated heterocycles. The predicted octanol–water partition coefficient (Wildman–Crippen LogP) is 2.75. The lowest BCUT2D eigenvalue weighted by Gasteiger charge is -2.16. The average Bonchev–Trinajstić information content (AvgIpc) is 2.67. The first-order chi connectivity index (χ1) is 8.58. The average molecular weight is 249 g/mol. The summed E-state index contributed by atoms with van der Waals surface area (Å²) in [5.41, 5.74) is 1.68. The van der Waals surface area contributed by atoms with Crippen LogP contribution in [0.1, 0.15) is 31.3 Å². The highest BCUT2D eigenvalue weighted by Crippen LogP contribution is 2.34. The van der Waals surface area contributed by atoms with Gasteiger partial charge in [-0.3, -0.25) is 0 Å². The second kappa shape index (κ2) is 5.00. The zero-order chi connectivity index (χ0) is 13.1. The summed E-state index contributed by atoms with van der Waals surface area (Å²) >= 11 is 0. The molecule has 0 radical (unpaired) electrons. The van der Waals surface area contributed by atoms with Crippen molar-refractivity contribution in [1.82, 2.24) is 5.32 Å². The lowest BCUT2D eigenvalue weighted by atomic mass is 10.1. The van der Waals surface area contributed by atoms with Crippen LogP contribution < -0.4 is 5.32 Å². The van der Waals surface area contributed by atoms with Gasteiger partial charge in [0.1, 0.15) is 11.5 Å². The Morgan fingerprint density at radius 2 is 1.89 bits per heavy atom. The third-order valence-electron chi connectivity index (χ3n) is 2.80. The van der Waals surface area contributed by atoms with E-state index in [4.69, 9.17) is 14.6 Å². The molecule has 96 valence electrons. The molecule has 0 aromatic heterocycles. The van der Waals surface area contributed by atoms with E-state index in [0.29, 0.717) is 0 Å². The van der Waals surface area contributed by atoms with Crippen LogP contribution >= 0.6 is 0 Å². The van der Waals surface area contributed by atoms with Crippen LogP contribution in [0, 0.1) is 0 Å². The van der Waals surface area contributed by atoms with E-state index >= 15 is 0 Å². The molecule has 5 nitrogen and oxygen atoms in total. The van der Waals surface area contributed by atoms with Crippen LogP contribution in [0.4, 0.5) is 4.79 Å². The van der Waals surface area contributed by atoms with Gasteiger partial charge in [0.15, 0.2) is 0 Å². The Hall–Kier alpha value is -2.17. The molecular formula is C13H15NO4. The highest BCUT2D eigenvalue weighted by molar-refractivity contribution is 5.64. The van der Waals surface area contributed by atoms with Crippen LogP contribution in [0.5, 0.6) is 0 Å². The zero-order valence-electron chi connectivity index (χ0n) is 10.3. The van der Waals surface area contributed by atoms with Crippen molar-refractivity contribution in [2.75, 3.05) is 0 Å². The molecule has 1 aliphatic heterocycles. The van der Waals surface area contributed by atoms with Crippen molar-refractivity contribution in [2.24, 2.45) is 0 Å². The lowest BCUT2D eigenvalue weighted by molar-refractivity contribution is -0.0412. The maximum Gasteiger partial charge on any atom is 0.404 e. The molecule has 1 heterocycles. The maximum atomic E-state index is 10.5. The summed E-state index contributed by atoms with van der Waals surface area (Å²) in [7, 11) is 0. The van der Waals surface area contributed by atoms with Gasteiger partial charge in [-0.2, -0.15) is 0 Å². The fourth-order valence-corrected chi connectivity index (χ4v) is 1.73. The molecule has 0 fully saturated rings. The van der Waals surface area contributed by atoms with Gasteiger partial charge in [0, 0.05) is 12.1 Å². The van der Waals surface area contributed by atoms with Gasteiger partial charge >= 0.3 is 6.09 Å². The predicted molar refractivity (Wildman–Crippen MR) is 64.6 cm³/mol. The Balaban J connectivity index is 2.16. The minimum Gasteiger partial charge on any atom is -0.465 e. The third kappa shape index (κ3) is 2.56. The number of carbonyl (C=O) groups is 1. The van der Waals surface area contributed by atoms with Crippen molar-refractivity contribution in [3.05, 3.63) is 46.9 Å². The van der Waals surface area contributed by atoms with Crippen LogP contribution in [0.15, 0.2) is 35.8 Å². The van der Waals surface area contributed by atoms with Crippen molar-refractivity contribution in [2.45, 2.75) is 26.7 Å². The summed E-state index contributed by atoms with van der Waals surface area (Å²) in [6.45, 7) is 3.91. The van der Waals surface area contributed by atoms with E-state index < -0.39 is 12.4 Å². The molecule has 2 rings (SSSR count). The monoisotopic (exact) mass is 249 g/mol. The smallest absolute Gasteiger partial charge is 0.404 e. The van der Waals surface area contributed by atoms with E-state index in [1.54, 1.807) is 0 Å². The van der Waals surface area contributed by atoms with Crippen molar-refractivity contribution in [3.8, 4) is 0 Å². The molecule has 0 aliphatic carbocycles. The summed E-state index contributed by atoms with van der Waals surface area (Å²) < 4.78 is 11.2. The Bertz CT molecular complexity index is 482. The largest absolute Gasteiger partial charge is 0.465 e. The van der Waals surface area contributed by atoms with Gasteiger partial charge in [-0.1, -0.05) is 24.3 Å². The molecule has 2 N–H and O–H groups in total. The van der Waals surface area contributed by atoms with Gasteiger partial charge < -0.3 is 19.9 Å². The number of benzene rings is 1. The molecule has 1 aliphatic rings. The first kappa shape index (κ1) is 12.3. The zero-order valence-corrected chi connectivity index (χ0v) is 10.3. The molecule has 0 saturated carbocycles. The number of amides is 1. The number of carboxylic acid groups (broad SMARTS) is 1. The molecule has 0 spiro atoms. The van der Waals surface area contributed by atoms with Crippen molar-refractivity contribution < 1.29 is 19.4 Å². The summed E-state index contributed by atoms with van der Waals surface area (Å²) in [6, 6.07) is 7.44. The third-order valence-corrected chi connectivity index (χ3v) is 2.80. The first-order valence-corrected chi connectivity index (χ1v) is 5.63. The van der Waals surface area contributed by atoms with E-state index in [1.165, 1.54) is 0 Å². The van der Waals surface area contributed by atoms with Gasteiger partial charge in [0.2, 0.25) is 0 Å². The van der Waals surface area contributed by atoms with E-state index in [9.17, 15) is 4.79 Å². The normalized spacial score (nSPS) is 15.2. The minimum absolute atomic E-state index is 0.229. The molecule has 1 amide bonds. The van der Waals surface area contributed by atoms with Gasteiger partial charge in [0.05, 0.1) is 0 Å². The molecule has 1 aromatic carbocycles. The Morgan fingerprint density at radius 3 is 2.50 bits per heavy atom. The number of hydrogen-bond acceptors (Lipinski definition) is 3. The number of rotatable bonds is 3. The standard InChI is InChI=1S/C13H15NO4/c1-8-9(2)18-12(17-8)11-6-4-3-5-10(11)7-14-13(15)16/h3-6,12,14H,7H2,1-2H3,(H,15,16). The van der Waals surface area contributed by atoms with Crippen LogP contribution in [0.25, 0.3) is 0 Å². The van der Waals surface area contributed by atoms with Crippen LogP contribution in [0.3, 0.4) is 0 Å². The summed E-state index contributed by atoms with van der Waals surface area (Å²) in [5.74, 6) is 1.50. The molecule has 0 bridgehead atoms. The van der Waals surface area contributed by atoms with E-state index in [-0.39, 0.29) is 6.54 Å².